The lowest BCUT2D eigenvalue weighted by Crippen LogP contribution is -2.39. The van der Waals surface area contributed by atoms with Crippen molar-refractivity contribution < 1.29 is 24.3 Å². The number of hydrogen-bond acceptors (Lipinski definition) is 8. The van der Waals surface area contributed by atoms with Crippen molar-refractivity contribution in [1.29, 1.82) is 0 Å². The molecule has 0 fully saturated rings. The molecule has 0 saturated heterocycles. The molecule has 2 heterocycles. The second kappa shape index (κ2) is 12.7. The molecule has 1 aliphatic heterocycles. The van der Waals surface area contributed by atoms with Gasteiger partial charge in [-0.25, -0.2) is 4.98 Å². The molecule has 34 heavy (non-hydrogen) atoms. The van der Waals surface area contributed by atoms with Crippen LogP contribution >= 0.6 is 0 Å². The zero-order chi connectivity index (χ0) is 24.3. The highest BCUT2D eigenvalue weighted by Gasteiger charge is 2.37. The van der Waals surface area contributed by atoms with Crippen molar-refractivity contribution in [3.05, 3.63) is 76.2 Å². The number of aromatic nitrogens is 1. The van der Waals surface area contributed by atoms with Gasteiger partial charge in [-0.2, -0.15) is 0 Å². The van der Waals surface area contributed by atoms with E-state index >= 15 is 0 Å². The first-order valence-electron chi connectivity index (χ1n) is 11.3. The minimum absolute atomic E-state index is 0.0408. The average molecular weight is 471 g/mol. The summed E-state index contributed by atoms with van der Waals surface area (Å²) in [6.45, 7) is 3.05. The summed E-state index contributed by atoms with van der Waals surface area (Å²) in [5.74, 6) is 0.174. The van der Waals surface area contributed by atoms with Crippen LogP contribution in [-0.2, 0) is 14.3 Å². The molecule has 10 nitrogen and oxygen atoms in total. The van der Waals surface area contributed by atoms with Gasteiger partial charge in [0.15, 0.2) is 5.76 Å². The number of aliphatic hydroxyl groups excluding tert-OH is 1. The third-order valence-electron chi connectivity index (χ3n) is 5.50. The number of ether oxygens (including phenoxy) is 2. The zero-order valence-corrected chi connectivity index (χ0v) is 19.1. The number of nitrogens with zero attached hydrogens (tertiary/aromatic N) is 2. The van der Waals surface area contributed by atoms with Gasteiger partial charge in [-0.15, -0.1) is 0 Å². The Kier molecular flexibility index (Phi) is 9.36. The highest BCUT2D eigenvalue weighted by molar-refractivity contribution is 5.91. The number of nitrogens with one attached hydrogen (secondary N) is 2. The average Bonchev–Trinajstić information content (AvgIpc) is 2.86. The third kappa shape index (κ3) is 6.75. The molecule has 1 amide bonds. The van der Waals surface area contributed by atoms with E-state index in [2.05, 4.69) is 15.6 Å². The van der Waals surface area contributed by atoms with Crippen LogP contribution in [0.15, 0.2) is 60.5 Å². The number of carbonyl (C=O) groups excluding carboxylic acids is 1. The van der Waals surface area contributed by atoms with Crippen LogP contribution in [0.1, 0.15) is 31.2 Å². The summed E-state index contributed by atoms with van der Waals surface area (Å²) in [6, 6.07) is 12.7. The lowest BCUT2D eigenvalue weighted by molar-refractivity contribution is -0.385. The number of amides is 1. The van der Waals surface area contributed by atoms with Crippen LogP contribution in [0.3, 0.4) is 0 Å². The Hall–Kier alpha value is -3.50. The first-order chi connectivity index (χ1) is 16.5. The van der Waals surface area contributed by atoms with Crippen molar-refractivity contribution >= 4 is 17.4 Å². The first kappa shape index (κ1) is 25.1. The molecule has 182 valence electrons. The molecule has 0 spiro atoms. The molecule has 0 bridgehead atoms. The summed E-state index contributed by atoms with van der Waals surface area (Å²) in [4.78, 5) is 27.0. The van der Waals surface area contributed by atoms with E-state index in [-0.39, 0.29) is 35.8 Å². The number of aliphatic hydroxyl groups is 1. The fourth-order valence-corrected chi connectivity index (χ4v) is 3.87. The second-order valence-corrected chi connectivity index (χ2v) is 7.78. The van der Waals surface area contributed by atoms with Gasteiger partial charge < -0.3 is 25.2 Å². The summed E-state index contributed by atoms with van der Waals surface area (Å²) in [5.41, 5.74) is 0.962. The molecule has 10 heteroatoms. The molecule has 2 aromatic rings. The van der Waals surface area contributed by atoms with Crippen molar-refractivity contribution in [1.82, 2.24) is 10.3 Å². The Morgan fingerprint density at radius 1 is 1.24 bits per heavy atom. The Balaban J connectivity index is 1.65. The molecule has 3 rings (SSSR count). The number of rotatable bonds is 12. The van der Waals surface area contributed by atoms with Crippen LogP contribution in [0.25, 0.3) is 0 Å². The molecule has 0 aliphatic carbocycles. The zero-order valence-electron chi connectivity index (χ0n) is 19.1. The lowest BCUT2D eigenvalue weighted by atomic mass is 9.80. The van der Waals surface area contributed by atoms with E-state index in [0.29, 0.717) is 38.4 Å². The third-order valence-corrected chi connectivity index (χ3v) is 5.50. The molecular formula is C24H30N4O6. The van der Waals surface area contributed by atoms with Gasteiger partial charge in [0.05, 0.1) is 4.92 Å². The van der Waals surface area contributed by atoms with E-state index in [9.17, 15) is 20.0 Å². The molecule has 1 aromatic heterocycles. The van der Waals surface area contributed by atoms with Gasteiger partial charge in [0.2, 0.25) is 6.29 Å². The molecule has 0 radical (unpaired) electrons. The second-order valence-electron chi connectivity index (χ2n) is 7.78. The van der Waals surface area contributed by atoms with E-state index in [4.69, 9.17) is 9.47 Å². The van der Waals surface area contributed by atoms with Gasteiger partial charge in [0.25, 0.3) is 11.6 Å². The standard InChI is InChI=1S/C24H30N4O6/c1-2-33-24-19(9-6-14-29)20(17-7-4-3-5-8-17)15-21(34-24)23(30)26-13-12-25-22-11-10-18(16-27-22)28(31)32/h3-5,7-8,10-11,15-16,19-20,24,29H,2,6,9,12-14H2,1H3,(H,25,27)(H,26,30)/t19-,20-,24-/m0/s1. The van der Waals surface area contributed by atoms with Gasteiger partial charge in [0.1, 0.15) is 12.0 Å². The van der Waals surface area contributed by atoms with E-state index in [0.717, 1.165) is 5.56 Å². The molecule has 0 saturated carbocycles. The van der Waals surface area contributed by atoms with Gasteiger partial charge >= 0.3 is 0 Å². The predicted octanol–water partition coefficient (Wildman–Crippen LogP) is 2.97. The van der Waals surface area contributed by atoms with Crippen LogP contribution in [0.2, 0.25) is 0 Å². The van der Waals surface area contributed by atoms with Gasteiger partial charge in [-0.3, -0.25) is 14.9 Å². The number of benzene rings is 1. The topological polar surface area (TPSA) is 136 Å². The van der Waals surface area contributed by atoms with Crippen molar-refractivity contribution in [3.63, 3.8) is 0 Å². The molecule has 1 aliphatic rings. The number of anilines is 1. The van der Waals surface area contributed by atoms with Gasteiger partial charge in [0, 0.05) is 44.2 Å². The number of hydrogen-bond donors (Lipinski definition) is 3. The van der Waals surface area contributed by atoms with Crippen molar-refractivity contribution in [2.45, 2.75) is 32.0 Å². The van der Waals surface area contributed by atoms with Crippen LogP contribution < -0.4 is 10.6 Å². The SMILES string of the molecule is CCO[C@H]1OC(C(=O)NCCNc2ccc([N+](=O)[O-])cn2)=C[C@@H](c2ccccc2)[C@@H]1CCCO. The first-order valence-corrected chi connectivity index (χ1v) is 11.3. The lowest BCUT2D eigenvalue weighted by Gasteiger charge is -2.37. The van der Waals surface area contributed by atoms with Crippen LogP contribution in [0, 0.1) is 16.0 Å². The highest BCUT2D eigenvalue weighted by atomic mass is 16.7. The predicted molar refractivity (Wildman–Crippen MR) is 126 cm³/mol. The smallest absolute Gasteiger partial charge is 0.287 e. The minimum atomic E-state index is -0.602. The Bertz CT molecular complexity index is 967. The van der Waals surface area contributed by atoms with E-state index in [1.807, 2.05) is 43.3 Å². The van der Waals surface area contributed by atoms with E-state index in [1.54, 1.807) is 0 Å². The summed E-state index contributed by atoms with van der Waals surface area (Å²) in [6.07, 6.45) is 3.70. The molecule has 3 N–H and O–H groups in total. The quantitative estimate of drug-likeness (QED) is 0.245. The summed E-state index contributed by atoms with van der Waals surface area (Å²) in [7, 11) is 0. The Morgan fingerprint density at radius 3 is 2.68 bits per heavy atom. The van der Waals surface area contributed by atoms with Gasteiger partial charge in [-0.05, 0) is 37.5 Å². The maximum atomic E-state index is 12.9. The minimum Gasteiger partial charge on any atom is -0.459 e. The van der Waals surface area contributed by atoms with E-state index < -0.39 is 11.2 Å². The molecule has 1 aromatic carbocycles. The molecule has 3 atom stereocenters. The Labute approximate surface area is 198 Å². The maximum Gasteiger partial charge on any atom is 0.287 e. The van der Waals surface area contributed by atoms with Crippen LogP contribution in [0.5, 0.6) is 0 Å². The van der Waals surface area contributed by atoms with Crippen LogP contribution in [0.4, 0.5) is 11.5 Å². The largest absolute Gasteiger partial charge is 0.459 e. The normalized spacial score (nSPS) is 19.6. The number of nitro groups is 1. The van der Waals surface area contributed by atoms with Crippen LogP contribution in [-0.4, -0.2) is 53.5 Å². The fourth-order valence-electron chi connectivity index (χ4n) is 3.87. The summed E-state index contributed by atoms with van der Waals surface area (Å²) >= 11 is 0. The van der Waals surface area contributed by atoms with E-state index in [1.165, 1.54) is 18.3 Å². The van der Waals surface area contributed by atoms with Crippen molar-refractivity contribution in [2.24, 2.45) is 5.92 Å². The molecule has 0 unspecified atom stereocenters. The Morgan fingerprint density at radius 2 is 2.03 bits per heavy atom. The highest BCUT2D eigenvalue weighted by Crippen LogP contribution is 2.39. The van der Waals surface area contributed by atoms with Gasteiger partial charge in [-0.1, -0.05) is 30.3 Å². The number of allylic oxidation sites excluding steroid dienone is 1. The maximum absolute atomic E-state index is 12.9. The van der Waals surface area contributed by atoms with Crippen molar-refractivity contribution in [3.8, 4) is 0 Å². The summed E-state index contributed by atoms with van der Waals surface area (Å²) < 4.78 is 11.8. The fraction of sp³-hybridized carbons (Fsp3) is 0.417. The summed E-state index contributed by atoms with van der Waals surface area (Å²) in [5, 5.41) is 25.9. The molecular weight excluding hydrogens is 440 g/mol. The number of pyridine rings is 1. The monoisotopic (exact) mass is 470 g/mol. The number of carbonyl (C=O) groups is 1. The van der Waals surface area contributed by atoms with Crippen molar-refractivity contribution in [2.75, 3.05) is 31.6 Å².